The molecule has 0 spiro atoms. The summed E-state index contributed by atoms with van der Waals surface area (Å²) in [6, 6.07) is 0. The molecule has 468 valence electrons. The van der Waals surface area contributed by atoms with Gasteiger partial charge in [0, 0.05) is 32.1 Å². The fourth-order valence-corrected chi connectivity index (χ4v) is 14.5. The molecule has 8 rings (SSSR count). The summed E-state index contributed by atoms with van der Waals surface area (Å²) in [4.78, 5) is 64.1. The zero-order valence-corrected chi connectivity index (χ0v) is 45.9. The van der Waals surface area contributed by atoms with E-state index in [0.717, 1.165) is 0 Å². The minimum Gasteiger partial charge on any atom is -0.481 e. The molecule has 0 saturated heterocycles. The van der Waals surface area contributed by atoms with Gasteiger partial charge in [-0.2, -0.15) is 43.2 Å². The second kappa shape index (κ2) is 27.6. The zero-order chi connectivity index (χ0) is 60.2. The van der Waals surface area contributed by atoms with Crippen molar-refractivity contribution in [1.29, 1.82) is 0 Å². The Morgan fingerprint density at radius 2 is 0.864 bits per heavy atom. The molecule has 8 unspecified atom stereocenters. The molecule has 81 heavy (non-hydrogen) atoms. The standard InChI is InChI=1S/C24H34F4O12S.C24H38F2O13S/c25-23(26,24(27,28)15-41(34,35)36)2-1-17(30)40-22-11-16-9-20(13-22,18(31)32)12-21(10-16,14-22)19(33)39-8-7-38-6-5-37-4-3-29;25-24(26,17-40(31,32)33)20(30)39-23-13-18-11-21(15-23,19(29)37-9-7-36-6-5-34-3-1-27)14-22(12-18,16-23)38-10-8-35-4-2-28/h16,29H,1-15H2,(H,31,32)(H,34,35,36);18,27-28H,1-17H2,(H,31,32,33). The normalized spacial score (nSPS) is 29.4. The first-order chi connectivity index (χ1) is 37.7. The van der Waals surface area contributed by atoms with Crippen LogP contribution in [0.2, 0.25) is 0 Å². The number of carbonyl (C=O) groups is 5. The van der Waals surface area contributed by atoms with E-state index < -0.39 is 125 Å². The van der Waals surface area contributed by atoms with Gasteiger partial charge in [0.25, 0.3) is 20.2 Å². The van der Waals surface area contributed by atoms with E-state index in [2.05, 4.69) is 0 Å². The average molecular weight is 1230 g/mol. The number of esters is 4. The molecular formula is C48H72F6O25S2. The first-order valence-corrected chi connectivity index (χ1v) is 29.3. The van der Waals surface area contributed by atoms with Gasteiger partial charge in [0.05, 0.1) is 121 Å². The maximum atomic E-state index is 14.4. The van der Waals surface area contributed by atoms with Gasteiger partial charge in [0.2, 0.25) is 0 Å². The van der Waals surface area contributed by atoms with E-state index in [1.165, 1.54) is 0 Å². The molecule has 0 amide bonds. The van der Waals surface area contributed by atoms with Crippen LogP contribution in [0.3, 0.4) is 0 Å². The number of carbonyl (C=O) groups excluding carboxylic acids is 4. The lowest BCUT2D eigenvalue weighted by molar-refractivity contribution is -0.266. The monoisotopic (exact) mass is 1230 g/mol. The van der Waals surface area contributed by atoms with Crippen molar-refractivity contribution in [2.75, 3.05) is 117 Å². The number of aliphatic carboxylic acids is 1. The van der Waals surface area contributed by atoms with Crippen molar-refractivity contribution in [3.63, 3.8) is 0 Å². The first kappa shape index (κ1) is 68.2. The molecule has 8 fully saturated rings. The summed E-state index contributed by atoms with van der Waals surface area (Å²) in [5.74, 6) is -25.9. The van der Waals surface area contributed by atoms with Gasteiger partial charge in [0.15, 0.2) is 5.75 Å². The highest BCUT2D eigenvalue weighted by molar-refractivity contribution is 7.86. The maximum absolute atomic E-state index is 14.4. The van der Waals surface area contributed by atoms with Gasteiger partial charge in [0.1, 0.15) is 30.2 Å². The van der Waals surface area contributed by atoms with E-state index in [0.29, 0.717) is 12.8 Å². The molecule has 8 bridgehead atoms. The maximum Gasteiger partial charge on any atom is 0.378 e. The lowest BCUT2D eigenvalue weighted by Crippen LogP contribution is -2.67. The third-order valence-corrected chi connectivity index (χ3v) is 16.6. The molecule has 6 N–H and O–H groups in total. The van der Waals surface area contributed by atoms with Crippen LogP contribution in [0.15, 0.2) is 0 Å². The van der Waals surface area contributed by atoms with E-state index >= 15 is 0 Å². The lowest BCUT2D eigenvalue weighted by Gasteiger charge is -2.64. The molecule has 0 aromatic heterocycles. The molecule has 0 radical (unpaired) electrons. The molecule has 0 heterocycles. The summed E-state index contributed by atoms with van der Waals surface area (Å²) in [5.41, 5.74) is -8.07. The van der Waals surface area contributed by atoms with Gasteiger partial charge in [-0.25, -0.2) is 4.79 Å². The quantitative estimate of drug-likeness (QED) is 0.0172. The van der Waals surface area contributed by atoms with Gasteiger partial charge in [-0.1, -0.05) is 0 Å². The summed E-state index contributed by atoms with van der Waals surface area (Å²) >= 11 is 0. The van der Waals surface area contributed by atoms with Crippen LogP contribution in [0.1, 0.15) is 89.9 Å². The zero-order valence-electron chi connectivity index (χ0n) is 44.3. The lowest BCUT2D eigenvalue weighted by atomic mass is 9.42. The largest absolute Gasteiger partial charge is 0.481 e. The van der Waals surface area contributed by atoms with E-state index in [4.69, 9.17) is 71.8 Å². The van der Waals surface area contributed by atoms with Crippen molar-refractivity contribution in [2.45, 2.75) is 124 Å². The summed E-state index contributed by atoms with van der Waals surface area (Å²) in [5, 5.41) is 36.3. The fourth-order valence-electron chi connectivity index (χ4n) is 13.3. The van der Waals surface area contributed by atoms with Crippen LogP contribution in [-0.4, -0.2) is 228 Å². The van der Waals surface area contributed by atoms with E-state index in [9.17, 15) is 72.3 Å². The van der Waals surface area contributed by atoms with Gasteiger partial charge in [-0.05, 0) is 63.2 Å². The van der Waals surface area contributed by atoms with Gasteiger partial charge < -0.3 is 67.8 Å². The van der Waals surface area contributed by atoms with Crippen molar-refractivity contribution < 1.29 is 144 Å². The van der Waals surface area contributed by atoms with Crippen LogP contribution >= 0.6 is 0 Å². The third-order valence-electron chi connectivity index (χ3n) is 15.2. The Morgan fingerprint density at radius 1 is 0.469 bits per heavy atom. The summed E-state index contributed by atoms with van der Waals surface area (Å²) in [6.45, 7) is 0.846. The molecule has 8 saturated carbocycles. The Morgan fingerprint density at radius 3 is 1.35 bits per heavy atom. The van der Waals surface area contributed by atoms with Crippen LogP contribution < -0.4 is 0 Å². The molecule has 0 aromatic rings. The van der Waals surface area contributed by atoms with E-state index in [-0.39, 0.29) is 182 Å². The number of ether oxygens (including phenoxy) is 10. The van der Waals surface area contributed by atoms with Gasteiger partial charge in [-0.3, -0.25) is 28.3 Å². The van der Waals surface area contributed by atoms with Crippen LogP contribution in [0, 0.1) is 28.1 Å². The topological polar surface area (TPSA) is 367 Å². The second-order valence-electron chi connectivity index (χ2n) is 22.0. The number of carboxylic acid groups (broad SMARTS) is 1. The Labute approximate surface area is 462 Å². The highest BCUT2D eigenvalue weighted by atomic mass is 32.2. The number of hydrogen-bond acceptors (Lipinski definition) is 22. The molecule has 8 atom stereocenters. The molecule has 33 heteroatoms. The Bertz CT molecular complexity index is 2410. The minimum absolute atomic E-state index is 0.00830. The van der Waals surface area contributed by atoms with Crippen LogP contribution in [0.5, 0.6) is 0 Å². The van der Waals surface area contributed by atoms with E-state index in [1.54, 1.807) is 0 Å². The predicted octanol–water partition coefficient (Wildman–Crippen LogP) is 1.94. The van der Waals surface area contributed by atoms with Crippen molar-refractivity contribution in [3.8, 4) is 0 Å². The molecule has 8 aliphatic rings. The molecule has 8 aliphatic carbocycles. The van der Waals surface area contributed by atoms with E-state index in [1.807, 2.05) is 0 Å². The highest BCUT2D eigenvalue weighted by Crippen LogP contribution is 2.69. The van der Waals surface area contributed by atoms with Crippen LogP contribution in [0.4, 0.5) is 26.3 Å². The van der Waals surface area contributed by atoms with Gasteiger partial charge in [-0.15, -0.1) is 0 Å². The Kier molecular flexibility index (Phi) is 23.2. The number of halogens is 6. The number of aliphatic hydroxyl groups is 3. The summed E-state index contributed by atoms with van der Waals surface area (Å²) in [6.07, 6.45) is -1.72. The Balaban J connectivity index is 0.000000297. The first-order valence-electron chi connectivity index (χ1n) is 26.1. The van der Waals surface area contributed by atoms with Crippen LogP contribution in [0.25, 0.3) is 0 Å². The average Bonchev–Trinajstić information content (AvgIpc) is 2.10. The molecule has 0 aromatic carbocycles. The number of rotatable bonds is 36. The van der Waals surface area contributed by atoms with Crippen molar-refractivity contribution >= 4 is 50.1 Å². The summed E-state index contributed by atoms with van der Waals surface area (Å²) < 4.78 is 199. The van der Waals surface area contributed by atoms with Crippen molar-refractivity contribution in [1.82, 2.24) is 0 Å². The number of aliphatic hydroxyl groups excluding tert-OH is 3. The number of alkyl halides is 6. The molecule has 0 aliphatic heterocycles. The fraction of sp³-hybridized carbons (Fsp3) is 0.896. The van der Waals surface area contributed by atoms with Crippen molar-refractivity contribution in [2.24, 2.45) is 28.1 Å². The third kappa shape index (κ3) is 18.4. The predicted molar refractivity (Wildman–Crippen MR) is 258 cm³/mol. The number of hydrogen-bond donors (Lipinski definition) is 6. The minimum atomic E-state index is -5.45. The molecular weight excluding hydrogens is 1150 g/mol. The van der Waals surface area contributed by atoms with Gasteiger partial charge >= 0.3 is 47.6 Å². The SMILES string of the molecule is O=C(CCC(F)(F)C(F)(F)CS(=O)(=O)O)OC12CC3CC(C(=O)O)(C1)CC(C(=O)OCCOCCOCCO)(C3)C2.O=C(OC12CC3CC(OCCOCCO)(C1)CC(C(=O)OCCOCCOCCO)(C3)C2)C(F)(F)CS(=O)(=O)O. The second-order valence-corrected chi connectivity index (χ2v) is 24.9. The molecule has 25 nitrogen and oxygen atoms in total. The highest BCUT2D eigenvalue weighted by Gasteiger charge is 2.71. The Hall–Kier alpha value is -3.61. The summed E-state index contributed by atoms with van der Waals surface area (Å²) in [7, 11) is -10.6. The number of carboxylic acids is 1. The smallest absolute Gasteiger partial charge is 0.378 e. The van der Waals surface area contributed by atoms with Crippen LogP contribution in [-0.2, 0) is 91.6 Å². The van der Waals surface area contributed by atoms with Crippen molar-refractivity contribution in [3.05, 3.63) is 0 Å².